The molecule has 0 spiro atoms. The van der Waals surface area contributed by atoms with Crippen LogP contribution in [0.3, 0.4) is 0 Å². The van der Waals surface area contributed by atoms with Crippen LogP contribution in [0.5, 0.6) is 0 Å². The minimum Gasteiger partial charge on any atom is -0.310 e. The summed E-state index contributed by atoms with van der Waals surface area (Å²) in [6.45, 7) is 7.69. The van der Waals surface area contributed by atoms with Crippen LogP contribution in [-0.4, -0.2) is 36.6 Å². The van der Waals surface area contributed by atoms with E-state index in [1.165, 1.54) is 58.3 Å². The maximum Gasteiger partial charge on any atom is 0.0308 e. The summed E-state index contributed by atoms with van der Waals surface area (Å²) in [4.78, 5) is 2.73. The van der Waals surface area contributed by atoms with Crippen LogP contribution < -0.4 is 5.32 Å². The lowest BCUT2D eigenvalue weighted by Crippen LogP contribution is -2.51. The van der Waals surface area contributed by atoms with Crippen LogP contribution in [0.1, 0.15) is 39.0 Å². The van der Waals surface area contributed by atoms with E-state index in [9.17, 15) is 0 Å². The van der Waals surface area contributed by atoms with Gasteiger partial charge in [-0.15, -0.1) is 0 Å². The number of hydrogen-bond acceptors (Lipinski definition) is 2. The van der Waals surface area contributed by atoms with E-state index in [0.717, 1.165) is 11.8 Å². The molecule has 0 aromatic heterocycles. The Bertz CT molecular complexity index is 233. The Morgan fingerprint density at radius 2 is 2.07 bits per heavy atom. The van der Waals surface area contributed by atoms with Crippen molar-refractivity contribution in [2.24, 2.45) is 11.8 Å². The summed E-state index contributed by atoms with van der Waals surface area (Å²) in [6, 6.07) is 0. The maximum absolute atomic E-state index is 3.80. The zero-order valence-corrected chi connectivity index (χ0v) is 9.97. The third kappa shape index (κ3) is 2.36. The second kappa shape index (κ2) is 3.74. The fraction of sp³-hybridized carbons (Fsp3) is 1.00. The second-order valence-corrected chi connectivity index (χ2v) is 6.15. The molecule has 1 atom stereocenters. The van der Waals surface area contributed by atoms with E-state index < -0.39 is 0 Å². The monoisotopic (exact) mass is 208 g/mol. The molecule has 1 saturated heterocycles. The summed E-state index contributed by atoms with van der Waals surface area (Å²) in [6.07, 6.45) is 7.24. The van der Waals surface area contributed by atoms with Crippen molar-refractivity contribution in [1.82, 2.24) is 10.2 Å². The molecule has 3 fully saturated rings. The molecule has 0 aromatic carbocycles. The first kappa shape index (κ1) is 10.1. The van der Waals surface area contributed by atoms with Gasteiger partial charge >= 0.3 is 0 Å². The maximum atomic E-state index is 3.80. The molecule has 15 heavy (non-hydrogen) atoms. The first-order valence-corrected chi connectivity index (χ1v) is 6.74. The third-order valence-electron chi connectivity index (χ3n) is 4.42. The number of rotatable bonds is 3. The van der Waals surface area contributed by atoms with Gasteiger partial charge in [-0.3, -0.25) is 0 Å². The van der Waals surface area contributed by atoms with Crippen molar-refractivity contribution in [2.45, 2.75) is 44.6 Å². The van der Waals surface area contributed by atoms with E-state index in [-0.39, 0.29) is 0 Å². The Hall–Kier alpha value is -0.0800. The van der Waals surface area contributed by atoms with Crippen LogP contribution >= 0.6 is 0 Å². The van der Waals surface area contributed by atoms with Crippen molar-refractivity contribution in [3.05, 3.63) is 0 Å². The van der Waals surface area contributed by atoms with Crippen LogP contribution in [-0.2, 0) is 0 Å². The highest BCUT2D eigenvalue weighted by molar-refractivity contribution is 5.01. The van der Waals surface area contributed by atoms with Crippen LogP contribution in [0.4, 0.5) is 0 Å². The number of nitrogens with one attached hydrogen (secondary N) is 1. The van der Waals surface area contributed by atoms with E-state index in [0.29, 0.717) is 5.54 Å². The molecule has 0 bridgehead atoms. The first-order chi connectivity index (χ1) is 7.26. The van der Waals surface area contributed by atoms with Gasteiger partial charge < -0.3 is 10.2 Å². The van der Waals surface area contributed by atoms with Gasteiger partial charge in [0.2, 0.25) is 0 Å². The summed E-state index contributed by atoms with van der Waals surface area (Å²) in [5.74, 6) is 2.02. The second-order valence-electron chi connectivity index (χ2n) is 6.15. The predicted octanol–water partition coefficient (Wildman–Crippen LogP) is 1.86. The fourth-order valence-electron chi connectivity index (χ4n) is 3.09. The van der Waals surface area contributed by atoms with Crippen molar-refractivity contribution < 1.29 is 0 Å². The molecule has 2 nitrogen and oxygen atoms in total. The molecule has 0 aromatic rings. The Kier molecular flexibility index (Phi) is 2.52. The topological polar surface area (TPSA) is 15.3 Å². The molecular weight excluding hydrogens is 184 g/mol. The minimum atomic E-state index is 0.436. The lowest BCUT2D eigenvalue weighted by atomic mass is 9.95. The molecule has 3 aliphatic rings. The molecule has 1 N–H and O–H groups in total. The van der Waals surface area contributed by atoms with Gasteiger partial charge in [-0.05, 0) is 64.0 Å². The zero-order valence-electron chi connectivity index (χ0n) is 9.97. The zero-order chi connectivity index (χ0) is 10.3. The quantitative estimate of drug-likeness (QED) is 0.761. The van der Waals surface area contributed by atoms with Gasteiger partial charge in [0, 0.05) is 18.6 Å². The third-order valence-corrected chi connectivity index (χ3v) is 4.42. The van der Waals surface area contributed by atoms with Gasteiger partial charge in [0.1, 0.15) is 0 Å². The Labute approximate surface area is 93.4 Å². The highest BCUT2D eigenvalue weighted by atomic mass is 15.2. The lowest BCUT2D eigenvalue weighted by molar-refractivity contribution is 0.195. The fourth-order valence-corrected chi connectivity index (χ4v) is 3.09. The van der Waals surface area contributed by atoms with Gasteiger partial charge in [0.15, 0.2) is 0 Å². The van der Waals surface area contributed by atoms with Crippen molar-refractivity contribution in [2.75, 3.05) is 26.2 Å². The van der Waals surface area contributed by atoms with Gasteiger partial charge in [0.25, 0.3) is 0 Å². The molecular formula is C13H24N2. The van der Waals surface area contributed by atoms with Crippen LogP contribution in [0, 0.1) is 11.8 Å². The summed E-state index contributed by atoms with van der Waals surface area (Å²) in [7, 11) is 0. The molecule has 0 radical (unpaired) electrons. The van der Waals surface area contributed by atoms with E-state index in [1.54, 1.807) is 0 Å². The van der Waals surface area contributed by atoms with Gasteiger partial charge in [-0.25, -0.2) is 0 Å². The highest BCUT2D eigenvalue weighted by Gasteiger charge is 2.43. The molecule has 1 heterocycles. The largest absolute Gasteiger partial charge is 0.310 e. The first-order valence-electron chi connectivity index (χ1n) is 6.74. The molecule has 3 rings (SSSR count). The molecule has 0 amide bonds. The number of nitrogens with zero attached hydrogens (tertiary/aromatic N) is 1. The van der Waals surface area contributed by atoms with Crippen LogP contribution in [0.25, 0.3) is 0 Å². The molecule has 2 aliphatic carbocycles. The molecule has 86 valence electrons. The van der Waals surface area contributed by atoms with E-state index in [2.05, 4.69) is 17.1 Å². The van der Waals surface area contributed by atoms with E-state index in [4.69, 9.17) is 0 Å². The normalized spacial score (nSPS) is 39.0. The van der Waals surface area contributed by atoms with E-state index >= 15 is 0 Å². The predicted molar refractivity (Wildman–Crippen MR) is 62.9 cm³/mol. The van der Waals surface area contributed by atoms with Crippen LogP contribution in [0.2, 0.25) is 0 Å². The standard InChI is InChI=1S/C13H24N2/c1-13(12-5-6-12)10-15(8-2-7-14-13)9-11-3-4-11/h11-12,14H,2-10H2,1H3. The SMILES string of the molecule is CC1(C2CC2)CN(CC2CC2)CCCN1. The van der Waals surface area contributed by atoms with Gasteiger partial charge in [-0.2, -0.15) is 0 Å². The van der Waals surface area contributed by atoms with Crippen LogP contribution in [0.15, 0.2) is 0 Å². The van der Waals surface area contributed by atoms with Crippen molar-refractivity contribution in [3.8, 4) is 0 Å². The Morgan fingerprint density at radius 1 is 1.27 bits per heavy atom. The summed E-state index contributed by atoms with van der Waals surface area (Å²) >= 11 is 0. The average Bonchev–Trinajstić information content (AvgIpc) is 3.04. The Morgan fingerprint density at radius 3 is 2.73 bits per heavy atom. The Balaban J connectivity index is 1.62. The number of hydrogen-bond donors (Lipinski definition) is 1. The smallest absolute Gasteiger partial charge is 0.0308 e. The van der Waals surface area contributed by atoms with Gasteiger partial charge in [-0.1, -0.05) is 0 Å². The average molecular weight is 208 g/mol. The summed E-state index contributed by atoms with van der Waals surface area (Å²) < 4.78 is 0. The summed E-state index contributed by atoms with van der Waals surface area (Å²) in [5.41, 5.74) is 0.436. The van der Waals surface area contributed by atoms with E-state index in [1.807, 2.05) is 0 Å². The van der Waals surface area contributed by atoms with Gasteiger partial charge in [0.05, 0.1) is 0 Å². The molecule has 2 heteroatoms. The highest BCUT2D eigenvalue weighted by Crippen LogP contribution is 2.41. The minimum absolute atomic E-state index is 0.436. The van der Waals surface area contributed by atoms with Crippen molar-refractivity contribution >= 4 is 0 Å². The molecule has 1 unspecified atom stereocenters. The van der Waals surface area contributed by atoms with Crippen molar-refractivity contribution in [3.63, 3.8) is 0 Å². The van der Waals surface area contributed by atoms with Crippen molar-refractivity contribution in [1.29, 1.82) is 0 Å². The molecule has 2 saturated carbocycles. The molecule has 1 aliphatic heterocycles. The summed E-state index contributed by atoms with van der Waals surface area (Å²) in [5, 5.41) is 3.80. The lowest BCUT2D eigenvalue weighted by Gasteiger charge is -2.34.